The van der Waals surface area contributed by atoms with Crippen LogP contribution >= 0.6 is 11.6 Å². The molecule has 10 heteroatoms. The Hall–Kier alpha value is -3.20. The van der Waals surface area contributed by atoms with Gasteiger partial charge in [0, 0.05) is 11.6 Å². The van der Waals surface area contributed by atoms with E-state index in [1.807, 2.05) is 0 Å². The van der Waals surface area contributed by atoms with Gasteiger partial charge < -0.3 is 14.6 Å². The van der Waals surface area contributed by atoms with E-state index in [2.05, 4.69) is 0 Å². The summed E-state index contributed by atoms with van der Waals surface area (Å²) in [6.07, 6.45) is 1.88. The number of nitro groups is 1. The molecule has 142 valence electrons. The van der Waals surface area contributed by atoms with E-state index in [0.717, 1.165) is 30.4 Å². The number of nitro benzene ring substituents is 1. The number of methoxy groups -OCH3 is 1. The quantitative estimate of drug-likeness (QED) is 0.425. The Morgan fingerprint density at radius 1 is 1.33 bits per heavy atom. The van der Waals surface area contributed by atoms with Gasteiger partial charge in [-0.3, -0.25) is 10.1 Å². The Labute approximate surface area is 156 Å². The predicted molar refractivity (Wildman–Crippen MR) is 92.0 cm³/mol. The minimum absolute atomic E-state index is 0.0139. The lowest BCUT2D eigenvalue weighted by Gasteiger charge is -2.13. The van der Waals surface area contributed by atoms with Crippen molar-refractivity contribution < 1.29 is 33.1 Å². The van der Waals surface area contributed by atoms with Crippen LogP contribution in [0.15, 0.2) is 30.3 Å². The smallest absolute Gasteiger partial charge is 0.328 e. The Kier molecular flexibility index (Phi) is 6.30. The number of carbonyl (C=O) groups is 1. The zero-order valence-corrected chi connectivity index (χ0v) is 14.5. The molecule has 0 aliphatic rings. The molecule has 0 saturated heterocycles. The van der Waals surface area contributed by atoms with Crippen LogP contribution in [0, 0.1) is 21.7 Å². The zero-order valence-electron chi connectivity index (χ0n) is 13.7. The molecular weight excluding hydrogens is 388 g/mol. The lowest BCUT2D eigenvalue weighted by molar-refractivity contribution is -0.384. The van der Waals surface area contributed by atoms with Gasteiger partial charge in [-0.25, -0.2) is 13.6 Å². The van der Waals surface area contributed by atoms with Crippen molar-refractivity contribution in [1.29, 1.82) is 0 Å². The van der Waals surface area contributed by atoms with Crippen molar-refractivity contribution in [2.24, 2.45) is 0 Å². The topological polar surface area (TPSA) is 98.9 Å². The molecule has 0 atom stereocenters. The lowest BCUT2D eigenvalue weighted by atomic mass is 10.1. The van der Waals surface area contributed by atoms with Gasteiger partial charge >= 0.3 is 5.97 Å². The minimum Gasteiger partial charge on any atom is -0.496 e. The number of ether oxygens (including phenoxy) is 2. The number of carboxylic acids is 1. The molecule has 0 aliphatic carbocycles. The number of hydrogen-bond donors (Lipinski definition) is 1. The molecule has 0 aromatic heterocycles. The van der Waals surface area contributed by atoms with Gasteiger partial charge in [-0.1, -0.05) is 11.6 Å². The third-order valence-electron chi connectivity index (χ3n) is 3.43. The Bertz CT molecular complexity index is 932. The summed E-state index contributed by atoms with van der Waals surface area (Å²) < 4.78 is 37.8. The second-order valence-electron chi connectivity index (χ2n) is 5.10. The number of carboxylic acid groups (broad SMARTS) is 1. The maximum atomic E-state index is 14.0. The van der Waals surface area contributed by atoms with Gasteiger partial charge in [0.1, 0.15) is 23.1 Å². The van der Waals surface area contributed by atoms with E-state index in [1.165, 1.54) is 13.2 Å². The highest BCUT2D eigenvalue weighted by atomic mass is 35.5. The van der Waals surface area contributed by atoms with E-state index in [1.54, 1.807) is 0 Å². The van der Waals surface area contributed by atoms with E-state index in [0.29, 0.717) is 0 Å². The molecule has 0 aliphatic heterocycles. The summed E-state index contributed by atoms with van der Waals surface area (Å²) >= 11 is 5.81. The maximum Gasteiger partial charge on any atom is 0.328 e. The summed E-state index contributed by atoms with van der Waals surface area (Å²) in [6, 6.07) is 4.18. The van der Waals surface area contributed by atoms with Gasteiger partial charge in [0.25, 0.3) is 5.69 Å². The first-order valence-electron chi connectivity index (χ1n) is 7.27. The molecule has 27 heavy (non-hydrogen) atoms. The monoisotopic (exact) mass is 399 g/mol. The van der Waals surface area contributed by atoms with Gasteiger partial charge in [0.2, 0.25) is 0 Å². The van der Waals surface area contributed by atoms with Crippen molar-refractivity contribution >= 4 is 29.3 Å². The molecule has 7 nitrogen and oxygen atoms in total. The predicted octanol–water partition coefficient (Wildman–Crippen LogP) is 4.21. The molecule has 2 aromatic carbocycles. The van der Waals surface area contributed by atoms with Crippen LogP contribution in [0.25, 0.3) is 6.08 Å². The van der Waals surface area contributed by atoms with E-state index in [4.69, 9.17) is 26.2 Å². The summed E-state index contributed by atoms with van der Waals surface area (Å²) in [6.45, 7) is -0.528. The summed E-state index contributed by atoms with van der Waals surface area (Å²) in [5, 5.41) is 19.5. The van der Waals surface area contributed by atoms with Crippen LogP contribution in [0.5, 0.6) is 11.5 Å². The van der Waals surface area contributed by atoms with Crippen molar-refractivity contribution in [3.8, 4) is 11.5 Å². The molecular formula is C17H12ClF2NO6. The number of benzene rings is 2. The highest BCUT2D eigenvalue weighted by Gasteiger charge is 2.19. The largest absolute Gasteiger partial charge is 0.496 e. The summed E-state index contributed by atoms with van der Waals surface area (Å²) in [5.74, 6) is -3.72. The van der Waals surface area contributed by atoms with Crippen LogP contribution in [-0.4, -0.2) is 23.1 Å². The normalized spacial score (nSPS) is 10.8. The van der Waals surface area contributed by atoms with Crippen molar-refractivity contribution in [1.82, 2.24) is 0 Å². The molecule has 1 N–H and O–H groups in total. The SMILES string of the molecule is COc1ccc(F)c(F)c1COc1cc([N+](=O)[O-])c(Cl)cc1C=CC(=O)O. The highest BCUT2D eigenvalue weighted by molar-refractivity contribution is 6.32. The average Bonchev–Trinajstić information content (AvgIpc) is 2.61. The van der Waals surface area contributed by atoms with Gasteiger partial charge in [0.15, 0.2) is 11.6 Å². The fourth-order valence-electron chi connectivity index (χ4n) is 2.16. The first kappa shape index (κ1) is 20.1. The number of aliphatic carboxylic acids is 1. The van der Waals surface area contributed by atoms with Crippen LogP contribution in [0.2, 0.25) is 5.02 Å². The van der Waals surface area contributed by atoms with Crippen LogP contribution < -0.4 is 9.47 Å². The second-order valence-corrected chi connectivity index (χ2v) is 5.51. The second kappa shape index (κ2) is 8.45. The summed E-state index contributed by atoms with van der Waals surface area (Å²) in [7, 11) is 1.25. The molecule has 0 amide bonds. The van der Waals surface area contributed by atoms with Crippen LogP contribution in [-0.2, 0) is 11.4 Å². The zero-order chi connectivity index (χ0) is 20.1. The van der Waals surface area contributed by atoms with Gasteiger partial charge in [0.05, 0.1) is 23.7 Å². The van der Waals surface area contributed by atoms with Crippen LogP contribution in [0.4, 0.5) is 14.5 Å². The van der Waals surface area contributed by atoms with Crippen molar-refractivity contribution in [3.05, 3.63) is 68.2 Å². The number of hydrogen-bond acceptors (Lipinski definition) is 5. The Morgan fingerprint density at radius 3 is 2.63 bits per heavy atom. The van der Waals surface area contributed by atoms with Crippen molar-refractivity contribution in [2.75, 3.05) is 7.11 Å². The van der Waals surface area contributed by atoms with Gasteiger partial charge in [-0.2, -0.15) is 0 Å². The molecule has 0 heterocycles. The van der Waals surface area contributed by atoms with Crippen molar-refractivity contribution in [3.63, 3.8) is 0 Å². The number of halogens is 3. The van der Waals surface area contributed by atoms with Gasteiger partial charge in [-0.15, -0.1) is 0 Å². The highest BCUT2D eigenvalue weighted by Crippen LogP contribution is 2.34. The van der Waals surface area contributed by atoms with Gasteiger partial charge in [-0.05, 0) is 24.3 Å². The number of rotatable bonds is 7. The first-order chi connectivity index (χ1) is 12.7. The molecule has 0 spiro atoms. The summed E-state index contributed by atoms with van der Waals surface area (Å²) in [5.41, 5.74) is -0.641. The van der Waals surface area contributed by atoms with E-state index in [9.17, 15) is 23.7 Å². The standard InChI is InChI=1S/C17H12ClF2NO6/c1-26-14-4-3-12(19)17(20)10(14)8-27-15-7-13(21(24)25)11(18)6-9(15)2-5-16(22)23/h2-7H,8H2,1H3,(H,22,23). The molecule has 0 unspecified atom stereocenters. The minimum atomic E-state index is -1.27. The van der Waals surface area contributed by atoms with Crippen molar-refractivity contribution in [2.45, 2.75) is 6.61 Å². The molecule has 0 saturated carbocycles. The van der Waals surface area contributed by atoms with E-state index >= 15 is 0 Å². The van der Waals surface area contributed by atoms with E-state index < -0.39 is 34.8 Å². The molecule has 0 fully saturated rings. The first-order valence-corrected chi connectivity index (χ1v) is 7.65. The molecule has 2 aromatic rings. The fourth-order valence-corrected chi connectivity index (χ4v) is 2.41. The molecule has 2 rings (SSSR count). The fraction of sp³-hybridized carbons (Fsp3) is 0.118. The van der Waals surface area contributed by atoms with Crippen LogP contribution in [0.1, 0.15) is 11.1 Å². The third kappa shape index (κ3) is 4.70. The molecule has 0 radical (unpaired) electrons. The van der Waals surface area contributed by atoms with E-state index in [-0.39, 0.29) is 27.6 Å². The average molecular weight is 400 g/mol. The number of nitrogens with zero attached hydrogens (tertiary/aromatic N) is 1. The Morgan fingerprint density at radius 2 is 2.04 bits per heavy atom. The Balaban J connectivity index is 2.45. The summed E-state index contributed by atoms with van der Waals surface area (Å²) in [4.78, 5) is 21.0. The third-order valence-corrected chi connectivity index (χ3v) is 3.73. The molecule has 0 bridgehead atoms. The maximum absolute atomic E-state index is 14.0. The van der Waals surface area contributed by atoms with Crippen LogP contribution in [0.3, 0.4) is 0 Å². The lowest BCUT2D eigenvalue weighted by Crippen LogP contribution is -2.05.